The number of aliphatic carboxylic acids is 1. The van der Waals surface area contributed by atoms with Gasteiger partial charge in [0.15, 0.2) is 0 Å². The van der Waals surface area contributed by atoms with E-state index in [1.807, 2.05) is 0 Å². The topological polar surface area (TPSA) is 66.4 Å². The molecule has 2 N–H and O–H groups in total. The molecule has 0 aromatic heterocycles. The lowest BCUT2D eigenvalue weighted by Crippen LogP contribution is -2.24. The second-order valence-corrected chi connectivity index (χ2v) is 7.19. The van der Waals surface area contributed by atoms with E-state index in [-0.39, 0.29) is 12.3 Å². The Hall–Kier alpha value is -1.06. The minimum atomic E-state index is -0.804. The molecule has 148 valence electrons. The fraction of sp³-hybridized carbons (Fsp3) is 0.905. The van der Waals surface area contributed by atoms with Crippen molar-refractivity contribution < 1.29 is 14.7 Å². The average molecular weight is 356 g/mol. The summed E-state index contributed by atoms with van der Waals surface area (Å²) in [7, 11) is 0. The summed E-state index contributed by atoms with van der Waals surface area (Å²) >= 11 is 0. The Bertz CT molecular complexity index is 318. The summed E-state index contributed by atoms with van der Waals surface area (Å²) in [5.41, 5.74) is 0. The molecule has 0 rings (SSSR count). The van der Waals surface area contributed by atoms with Crippen LogP contribution in [0.2, 0.25) is 0 Å². The number of nitrogens with one attached hydrogen (secondary N) is 1. The number of rotatable bonds is 19. The van der Waals surface area contributed by atoms with Gasteiger partial charge in [-0.25, -0.2) is 0 Å². The molecule has 0 bridgehead atoms. The van der Waals surface area contributed by atoms with Crippen molar-refractivity contribution in [3.63, 3.8) is 0 Å². The van der Waals surface area contributed by atoms with Gasteiger partial charge in [0.2, 0.25) is 5.91 Å². The largest absolute Gasteiger partial charge is 0.481 e. The molecule has 0 aromatic carbocycles. The van der Waals surface area contributed by atoms with E-state index in [4.69, 9.17) is 5.11 Å². The molecule has 0 aliphatic heterocycles. The maximum Gasteiger partial charge on any atom is 0.303 e. The Morgan fingerprint density at radius 1 is 0.640 bits per heavy atom. The van der Waals surface area contributed by atoms with Crippen LogP contribution < -0.4 is 5.32 Å². The van der Waals surface area contributed by atoms with Crippen molar-refractivity contribution in [2.24, 2.45) is 0 Å². The maximum absolute atomic E-state index is 11.5. The third-order valence-electron chi connectivity index (χ3n) is 4.65. The Balaban J connectivity index is 3.13. The van der Waals surface area contributed by atoms with E-state index in [0.29, 0.717) is 19.4 Å². The maximum atomic E-state index is 11.5. The van der Waals surface area contributed by atoms with Crippen molar-refractivity contribution in [2.75, 3.05) is 6.54 Å². The zero-order valence-electron chi connectivity index (χ0n) is 16.5. The number of carboxylic acid groups (broad SMARTS) is 1. The number of unbranched alkanes of at least 4 members (excludes halogenated alkanes) is 13. The lowest BCUT2D eigenvalue weighted by Gasteiger charge is -2.05. The van der Waals surface area contributed by atoms with Gasteiger partial charge in [-0.05, 0) is 12.8 Å². The molecule has 0 unspecified atom stereocenters. The zero-order chi connectivity index (χ0) is 18.6. The predicted molar refractivity (Wildman–Crippen MR) is 105 cm³/mol. The minimum absolute atomic E-state index is 0.0596. The van der Waals surface area contributed by atoms with E-state index in [9.17, 15) is 9.59 Å². The second-order valence-electron chi connectivity index (χ2n) is 7.19. The monoisotopic (exact) mass is 355 g/mol. The highest BCUT2D eigenvalue weighted by Gasteiger charge is 2.02. The van der Waals surface area contributed by atoms with Crippen LogP contribution in [0.25, 0.3) is 0 Å². The van der Waals surface area contributed by atoms with Crippen molar-refractivity contribution in [1.29, 1.82) is 0 Å². The summed E-state index contributed by atoms with van der Waals surface area (Å²) in [4.78, 5) is 21.9. The summed E-state index contributed by atoms with van der Waals surface area (Å²) in [6.07, 6.45) is 19.6. The standard InChI is InChI=1S/C21H41NO3/c1-2-3-4-5-6-7-8-9-10-11-12-13-14-15-17-20(23)22-19-16-18-21(24)25/h2-19H2,1H3,(H,22,23)(H,24,25). The molecule has 0 radical (unpaired) electrons. The number of amides is 1. The molecule has 0 aliphatic carbocycles. The molecule has 0 saturated heterocycles. The highest BCUT2D eigenvalue weighted by Crippen LogP contribution is 2.13. The molecular formula is C21H41NO3. The third-order valence-corrected chi connectivity index (χ3v) is 4.65. The van der Waals surface area contributed by atoms with Crippen molar-refractivity contribution in [1.82, 2.24) is 5.32 Å². The predicted octanol–water partition coefficient (Wildman–Crippen LogP) is 5.84. The van der Waals surface area contributed by atoms with Gasteiger partial charge in [0.1, 0.15) is 0 Å². The summed E-state index contributed by atoms with van der Waals surface area (Å²) in [6.45, 7) is 2.74. The van der Waals surface area contributed by atoms with E-state index >= 15 is 0 Å². The van der Waals surface area contributed by atoms with Crippen LogP contribution in [-0.4, -0.2) is 23.5 Å². The van der Waals surface area contributed by atoms with E-state index in [1.165, 1.54) is 77.0 Å². The van der Waals surface area contributed by atoms with Gasteiger partial charge in [-0.2, -0.15) is 0 Å². The van der Waals surface area contributed by atoms with Crippen molar-refractivity contribution in [3.8, 4) is 0 Å². The first kappa shape index (κ1) is 23.9. The van der Waals surface area contributed by atoms with Crippen LogP contribution in [0.4, 0.5) is 0 Å². The Morgan fingerprint density at radius 3 is 1.52 bits per heavy atom. The molecule has 0 saturated carbocycles. The highest BCUT2D eigenvalue weighted by molar-refractivity contribution is 5.75. The fourth-order valence-corrected chi connectivity index (χ4v) is 3.04. The van der Waals surface area contributed by atoms with Gasteiger partial charge in [0, 0.05) is 19.4 Å². The quantitative estimate of drug-likeness (QED) is 0.286. The molecule has 0 heterocycles. The van der Waals surface area contributed by atoms with Gasteiger partial charge in [0.25, 0.3) is 0 Å². The van der Waals surface area contributed by atoms with Crippen molar-refractivity contribution >= 4 is 11.9 Å². The molecular weight excluding hydrogens is 314 g/mol. The molecule has 4 nitrogen and oxygen atoms in total. The number of carbonyl (C=O) groups is 2. The molecule has 0 atom stereocenters. The zero-order valence-corrected chi connectivity index (χ0v) is 16.5. The first-order chi connectivity index (χ1) is 12.2. The highest BCUT2D eigenvalue weighted by atomic mass is 16.4. The molecule has 0 aromatic rings. The van der Waals surface area contributed by atoms with Crippen LogP contribution in [0.5, 0.6) is 0 Å². The molecule has 25 heavy (non-hydrogen) atoms. The van der Waals surface area contributed by atoms with E-state index < -0.39 is 5.97 Å². The van der Waals surface area contributed by atoms with Crippen LogP contribution >= 0.6 is 0 Å². The van der Waals surface area contributed by atoms with E-state index in [0.717, 1.165) is 12.8 Å². The number of carboxylic acids is 1. The van der Waals surface area contributed by atoms with Crippen LogP contribution in [0.15, 0.2) is 0 Å². The minimum Gasteiger partial charge on any atom is -0.481 e. The SMILES string of the molecule is CCCCCCCCCCCCCCCCC(=O)NCCCC(=O)O. The van der Waals surface area contributed by atoms with Crippen LogP contribution in [0.3, 0.4) is 0 Å². The Labute approximate surface area is 155 Å². The summed E-state index contributed by atoms with van der Waals surface area (Å²) in [5.74, 6) is -0.745. The third kappa shape index (κ3) is 20.9. The van der Waals surface area contributed by atoms with Gasteiger partial charge in [-0.1, -0.05) is 90.4 Å². The summed E-state index contributed by atoms with van der Waals surface area (Å²) in [6, 6.07) is 0. The molecule has 0 fully saturated rings. The smallest absolute Gasteiger partial charge is 0.303 e. The normalized spacial score (nSPS) is 10.8. The van der Waals surface area contributed by atoms with Crippen molar-refractivity contribution in [3.05, 3.63) is 0 Å². The average Bonchev–Trinajstić information content (AvgIpc) is 2.59. The molecule has 0 aliphatic rings. The lowest BCUT2D eigenvalue weighted by molar-refractivity contribution is -0.137. The fourth-order valence-electron chi connectivity index (χ4n) is 3.04. The summed E-state index contributed by atoms with van der Waals surface area (Å²) < 4.78 is 0. The van der Waals surface area contributed by atoms with E-state index in [2.05, 4.69) is 12.2 Å². The van der Waals surface area contributed by atoms with Gasteiger partial charge in [-0.3, -0.25) is 9.59 Å². The van der Waals surface area contributed by atoms with Crippen LogP contribution in [0, 0.1) is 0 Å². The molecule has 4 heteroatoms. The molecule has 1 amide bonds. The Kier molecular flexibility index (Phi) is 18.5. The summed E-state index contributed by atoms with van der Waals surface area (Å²) in [5, 5.41) is 11.3. The number of carbonyl (C=O) groups excluding carboxylic acids is 1. The van der Waals surface area contributed by atoms with E-state index in [1.54, 1.807) is 0 Å². The van der Waals surface area contributed by atoms with Gasteiger partial charge >= 0.3 is 5.97 Å². The number of hydrogen-bond acceptors (Lipinski definition) is 2. The second kappa shape index (κ2) is 19.3. The Morgan fingerprint density at radius 2 is 1.08 bits per heavy atom. The van der Waals surface area contributed by atoms with Crippen LogP contribution in [-0.2, 0) is 9.59 Å². The molecule has 0 spiro atoms. The first-order valence-electron chi connectivity index (χ1n) is 10.6. The number of hydrogen-bond donors (Lipinski definition) is 2. The van der Waals surface area contributed by atoms with Gasteiger partial charge < -0.3 is 10.4 Å². The van der Waals surface area contributed by atoms with Crippen LogP contribution in [0.1, 0.15) is 116 Å². The first-order valence-corrected chi connectivity index (χ1v) is 10.6. The van der Waals surface area contributed by atoms with Gasteiger partial charge in [-0.15, -0.1) is 0 Å². The lowest BCUT2D eigenvalue weighted by atomic mass is 10.0. The van der Waals surface area contributed by atoms with Gasteiger partial charge in [0.05, 0.1) is 0 Å². The van der Waals surface area contributed by atoms with Crippen molar-refractivity contribution in [2.45, 2.75) is 116 Å².